The lowest BCUT2D eigenvalue weighted by molar-refractivity contribution is -0.160. The molecule has 196 valence electrons. The largest absolute Gasteiger partial charge is 0.444 e. The molecule has 2 fully saturated rings. The Morgan fingerprint density at radius 2 is 1.89 bits per heavy atom. The second-order valence-corrected chi connectivity index (χ2v) is 11.0. The van der Waals surface area contributed by atoms with Crippen LogP contribution in [0.5, 0.6) is 0 Å². The number of rotatable bonds is 5. The molecule has 1 aliphatic carbocycles. The molecule has 2 aliphatic rings. The SMILES string of the molecule is CC1CCC([C@H](NC(=O)OC(C)(C)C)c2nc3c(F)c(/C=C/C(=O)N4CC(F)(F)C4)ccc3[nH]2)CC1. The second kappa shape index (κ2) is 9.78. The number of carbonyl (C=O) groups excluding carboxylic acids is 2. The van der Waals surface area contributed by atoms with Crippen LogP contribution in [0.25, 0.3) is 17.1 Å². The summed E-state index contributed by atoms with van der Waals surface area (Å²) in [5.74, 6) is -2.94. The zero-order valence-corrected chi connectivity index (χ0v) is 21.0. The molecule has 10 heteroatoms. The highest BCUT2D eigenvalue weighted by atomic mass is 19.3. The molecule has 0 bridgehead atoms. The molecule has 1 aromatic carbocycles. The molecule has 0 spiro atoms. The molecule has 2 heterocycles. The van der Waals surface area contributed by atoms with Crippen LogP contribution >= 0.6 is 0 Å². The first-order chi connectivity index (χ1) is 16.8. The number of alkyl carbamates (subject to hydrolysis) is 1. The number of benzene rings is 1. The maximum atomic E-state index is 15.3. The first-order valence-corrected chi connectivity index (χ1v) is 12.3. The van der Waals surface area contributed by atoms with Gasteiger partial charge in [0.25, 0.3) is 5.92 Å². The third-order valence-corrected chi connectivity index (χ3v) is 6.70. The highest BCUT2D eigenvalue weighted by Gasteiger charge is 2.45. The number of hydrogen-bond acceptors (Lipinski definition) is 4. The van der Waals surface area contributed by atoms with Crippen LogP contribution in [0.4, 0.5) is 18.0 Å². The summed E-state index contributed by atoms with van der Waals surface area (Å²) in [6.07, 6.45) is 5.63. The number of alkyl halides is 2. The number of fused-ring (bicyclic) bond motifs is 1. The van der Waals surface area contributed by atoms with Crippen LogP contribution in [0, 0.1) is 17.7 Å². The number of ether oxygens (including phenoxy) is 1. The number of amides is 2. The van der Waals surface area contributed by atoms with E-state index >= 15 is 4.39 Å². The quantitative estimate of drug-likeness (QED) is 0.518. The minimum Gasteiger partial charge on any atom is -0.444 e. The normalized spacial score (nSPS) is 22.9. The summed E-state index contributed by atoms with van der Waals surface area (Å²) in [5.41, 5.74) is -0.0200. The standard InChI is InChI=1S/C26H33F3N4O3/c1-15-5-7-17(8-6-15)21(32-24(35)36-25(2,3)4)23-30-18-11-9-16(20(27)22(18)31-23)10-12-19(34)33-13-26(28,29)14-33/h9-12,15,17,21H,5-8,13-14H2,1-4H3,(H,30,31)(H,32,35)/b12-10+/t15?,17?,21-/m0/s1. The first kappa shape index (κ1) is 26.0. The van der Waals surface area contributed by atoms with Crippen molar-refractivity contribution >= 4 is 29.1 Å². The molecular formula is C26H33F3N4O3. The summed E-state index contributed by atoms with van der Waals surface area (Å²) in [5, 5.41) is 2.94. The Hall–Kier alpha value is -3.04. The van der Waals surface area contributed by atoms with Crippen molar-refractivity contribution in [3.63, 3.8) is 0 Å². The molecule has 7 nitrogen and oxygen atoms in total. The van der Waals surface area contributed by atoms with Crippen molar-refractivity contribution in [3.8, 4) is 0 Å². The summed E-state index contributed by atoms with van der Waals surface area (Å²) in [4.78, 5) is 33.3. The van der Waals surface area contributed by atoms with E-state index in [0.717, 1.165) is 36.7 Å². The van der Waals surface area contributed by atoms with E-state index in [-0.39, 0.29) is 17.0 Å². The molecule has 2 N–H and O–H groups in total. The fraction of sp³-hybridized carbons (Fsp3) is 0.577. The van der Waals surface area contributed by atoms with Crippen molar-refractivity contribution in [1.82, 2.24) is 20.2 Å². The Morgan fingerprint density at radius 3 is 2.50 bits per heavy atom. The van der Waals surface area contributed by atoms with E-state index in [1.54, 1.807) is 26.8 Å². The summed E-state index contributed by atoms with van der Waals surface area (Å²) >= 11 is 0. The van der Waals surface area contributed by atoms with Crippen LogP contribution in [0.15, 0.2) is 18.2 Å². The topological polar surface area (TPSA) is 87.3 Å². The lowest BCUT2D eigenvalue weighted by Gasteiger charge is -2.37. The Kier molecular flexibility index (Phi) is 7.07. The molecule has 36 heavy (non-hydrogen) atoms. The minimum atomic E-state index is -2.86. The molecule has 2 amide bonds. The number of H-pyrrole nitrogens is 1. The monoisotopic (exact) mass is 506 g/mol. The fourth-order valence-electron chi connectivity index (χ4n) is 4.75. The van der Waals surface area contributed by atoms with Crippen molar-refractivity contribution in [2.75, 3.05) is 13.1 Å². The van der Waals surface area contributed by atoms with Gasteiger partial charge in [0.2, 0.25) is 5.91 Å². The molecule has 0 unspecified atom stereocenters. The molecule has 1 atom stereocenters. The summed E-state index contributed by atoms with van der Waals surface area (Å²) < 4.78 is 46.8. The van der Waals surface area contributed by atoms with Gasteiger partial charge in [-0.1, -0.05) is 19.8 Å². The van der Waals surface area contributed by atoms with E-state index in [4.69, 9.17) is 4.74 Å². The van der Waals surface area contributed by atoms with Gasteiger partial charge in [0.15, 0.2) is 5.82 Å². The summed E-state index contributed by atoms with van der Waals surface area (Å²) in [6, 6.07) is 2.66. The number of imidazole rings is 1. The van der Waals surface area contributed by atoms with Crippen LogP contribution in [0.2, 0.25) is 0 Å². The zero-order chi connectivity index (χ0) is 26.3. The van der Waals surface area contributed by atoms with Crippen LogP contribution in [-0.2, 0) is 9.53 Å². The zero-order valence-electron chi connectivity index (χ0n) is 21.0. The number of carbonyl (C=O) groups is 2. The number of hydrogen-bond donors (Lipinski definition) is 2. The Bertz CT molecular complexity index is 1160. The highest BCUT2D eigenvalue weighted by molar-refractivity contribution is 5.93. The number of nitrogens with one attached hydrogen (secondary N) is 2. The number of likely N-dealkylation sites (tertiary alicyclic amines) is 1. The third kappa shape index (κ3) is 6.02. The van der Waals surface area contributed by atoms with Crippen LogP contribution in [-0.4, -0.2) is 51.5 Å². The third-order valence-electron chi connectivity index (χ3n) is 6.70. The van der Waals surface area contributed by atoms with E-state index in [2.05, 4.69) is 22.2 Å². The van der Waals surface area contributed by atoms with Crippen molar-refractivity contribution in [2.24, 2.45) is 11.8 Å². The van der Waals surface area contributed by atoms with E-state index in [9.17, 15) is 18.4 Å². The van der Waals surface area contributed by atoms with Gasteiger partial charge in [0, 0.05) is 11.6 Å². The summed E-state index contributed by atoms with van der Waals surface area (Å²) in [6.45, 7) is 6.30. The van der Waals surface area contributed by atoms with Crippen molar-refractivity contribution < 1.29 is 27.5 Å². The fourth-order valence-corrected chi connectivity index (χ4v) is 4.75. The molecular weight excluding hydrogens is 473 g/mol. The van der Waals surface area contributed by atoms with Gasteiger partial charge in [-0.3, -0.25) is 4.79 Å². The second-order valence-electron chi connectivity index (χ2n) is 11.0. The number of halogens is 3. The lowest BCUT2D eigenvalue weighted by atomic mass is 9.79. The van der Waals surface area contributed by atoms with Crippen molar-refractivity contribution in [2.45, 2.75) is 70.9 Å². The van der Waals surface area contributed by atoms with E-state index < -0.39 is 48.5 Å². The number of aromatic amines is 1. The van der Waals surface area contributed by atoms with Crippen LogP contribution in [0.1, 0.15) is 70.8 Å². The molecule has 4 rings (SSSR count). The Labute approximate surface area is 208 Å². The summed E-state index contributed by atoms with van der Waals surface area (Å²) in [7, 11) is 0. The van der Waals surface area contributed by atoms with Gasteiger partial charge in [-0.05, 0) is 63.7 Å². The van der Waals surface area contributed by atoms with Gasteiger partial charge in [0.05, 0.1) is 24.6 Å². The van der Waals surface area contributed by atoms with Crippen molar-refractivity contribution in [1.29, 1.82) is 0 Å². The van der Waals surface area contributed by atoms with E-state index in [1.165, 1.54) is 12.1 Å². The van der Waals surface area contributed by atoms with Gasteiger partial charge < -0.3 is 19.9 Å². The van der Waals surface area contributed by atoms with Gasteiger partial charge in [-0.25, -0.2) is 22.9 Å². The van der Waals surface area contributed by atoms with Crippen LogP contribution in [0.3, 0.4) is 0 Å². The Balaban J connectivity index is 1.57. The maximum absolute atomic E-state index is 15.3. The average Bonchev–Trinajstić information content (AvgIpc) is 3.19. The predicted octanol–water partition coefficient (Wildman–Crippen LogP) is 5.58. The van der Waals surface area contributed by atoms with E-state index in [0.29, 0.717) is 17.3 Å². The molecule has 0 radical (unpaired) electrons. The van der Waals surface area contributed by atoms with Crippen molar-refractivity contribution in [3.05, 3.63) is 35.4 Å². The van der Waals surface area contributed by atoms with Crippen LogP contribution < -0.4 is 5.32 Å². The molecule has 2 aromatic rings. The molecule has 1 aromatic heterocycles. The minimum absolute atomic E-state index is 0.0789. The predicted molar refractivity (Wildman–Crippen MR) is 130 cm³/mol. The number of aromatic nitrogens is 2. The first-order valence-electron chi connectivity index (χ1n) is 12.3. The molecule has 1 saturated heterocycles. The number of nitrogens with zero attached hydrogens (tertiary/aromatic N) is 2. The Morgan fingerprint density at radius 1 is 1.22 bits per heavy atom. The van der Waals surface area contributed by atoms with Gasteiger partial charge in [-0.2, -0.15) is 0 Å². The maximum Gasteiger partial charge on any atom is 0.408 e. The van der Waals surface area contributed by atoms with Gasteiger partial charge in [-0.15, -0.1) is 0 Å². The molecule has 1 saturated carbocycles. The lowest BCUT2D eigenvalue weighted by Crippen LogP contribution is -2.57. The average molecular weight is 507 g/mol. The van der Waals surface area contributed by atoms with Gasteiger partial charge in [0.1, 0.15) is 16.9 Å². The highest BCUT2D eigenvalue weighted by Crippen LogP contribution is 2.37. The smallest absolute Gasteiger partial charge is 0.408 e. The molecule has 1 aliphatic heterocycles. The van der Waals surface area contributed by atoms with Gasteiger partial charge >= 0.3 is 6.09 Å². The van der Waals surface area contributed by atoms with E-state index in [1.807, 2.05) is 0 Å².